The Bertz CT molecular complexity index is 1030. The first-order chi connectivity index (χ1) is 15.4. The maximum absolute atomic E-state index is 13.3. The predicted molar refractivity (Wildman–Crippen MR) is 119 cm³/mol. The number of rotatable bonds is 4. The van der Waals surface area contributed by atoms with Gasteiger partial charge >= 0.3 is 0 Å². The van der Waals surface area contributed by atoms with Crippen LogP contribution < -0.4 is 9.80 Å². The molecule has 166 valence electrons. The third-order valence-electron chi connectivity index (χ3n) is 6.22. The highest BCUT2D eigenvalue weighted by atomic mass is 35.5. The van der Waals surface area contributed by atoms with Crippen LogP contribution in [-0.2, 0) is 19.2 Å². The summed E-state index contributed by atoms with van der Waals surface area (Å²) in [6.07, 6.45) is 3.63. The summed E-state index contributed by atoms with van der Waals surface area (Å²) < 4.78 is 0. The van der Waals surface area contributed by atoms with Gasteiger partial charge in [0.25, 0.3) is 23.6 Å². The molecule has 0 unspecified atom stereocenters. The standard InChI is InChI=1S/C22H20Cl2N4O4/c23-15-17(25-9-3-4-10-25)21(31)27(19(15)29)13-7-1-2-8-14(13)28-20(30)16(24)18(22(28)32)26-11-5-6-12-26/h1-2,7-8H,3-6,9-12H2. The van der Waals surface area contributed by atoms with Crippen molar-refractivity contribution in [2.75, 3.05) is 36.0 Å². The minimum atomic E-state index is -0.677. The van der Waals surface area contributed by atoms with Crippen molar-refractivity contribution in [2.45, 2.75) is 25.7 Å². The Kier molecular flexibility index (Phi) is 5.22. The number of anilines is 2. The first-order valence-corrected chi connectivity index (χ1v) is 11.3. The van der Waals surface area contributed by atoms with Gasteiger partial charge in [-0.15, -0.1) is 0 Å². The number of carbonyl (C=O) groups is 4. The van der Waals surface area contributed by atoms with E-state index in [2.05, 4.69) is 0 Å². The normalized spacial score (nSPS) is 22.1. The van der Waals surface area contributed by atoms with Crippen molar-refractivity contribution in [2.24, 2.45) is 0 Å². The number of halogens is 2. The molecule has 10 heteroatoms. The van der Waals surface area contributed by atoms with E-state index in [0.717, 1.165) is 35.5 Å². The molecule has 4 amide bonds. The molecule has 0 aromatic heterocycles. The average molecular weight is 475 g/mol. The van der Waals surface area contributed by atoms with E-state index in [-0.39, 0.29) is 32.8 Å². The van der Waals surface area contributed by atoms with Crippen LogP contribution in [0.25, 0.3) is 0 Å². The van der Waals surface area contributed by atoms with E-state index in [0.29, 0.717) is 26.2 Å². The van der Waals surface area contributed by atoms with Crippen LogP contribution in [0.2, 0.25) is 0 Å². The van der Waals surface area contributed by atoms with E-state index in [9.17, 15) is 19.2 Å². The molecular weight excluding hydrogens is 455 g/mol. The number of hydrogen-bond acceptors (Lipinski definition) is 6. The fourth-order valence-electron chi connectivity index (χ4n) is 4.69. The molecule has 2 fully saturated rings. The van der Waals surface area contributed by atoms with E-state index in [1.54, 1.807) is 21.9 Å². The van der Waals surface area contributed by atoms with Crippen LogP contribution in [0.5, 0.6) is 0 Å². The van der Waals surface area contributed by atoms with Crippen LogP contribution in [0.1, 0.15) is 25.7 Å². The van der Waals surface area contributed by atoms with Crippen molar-refractivity contribution in [3.8, 4) is 0 Å². The third kappa shape index (κ3) is 3.04. The summed E-state index contributed by atoms with van der Waals surface area (Å²) in [6, 6.07) is 6.29. The number of likely N-dealkylation sites (tertiary alicyclic amines) is 2. The Balaban J connectivity index is 1.52. The number of hydrogen-bond donors (Lipinski definition) is 0. The summed E-state index contributed by atoms with van der Waals surface area (Å²) in [5, 5.41) is -0.306. The lowest BCUT2D eigenvalue weighted by Crippen LogP contribution is -2.38. The highest BCUT2D eigenvalue weighted by Crippen LogP contribution is 2.41. The number of carbonyl (C=O) groups excluding carboxylic acids is 4. The lowest BCUT2D eigenvalue weighted by Gasteiger charge is -2.25. The number of imide groups is 2. The topological polar surface area (TPSA) is 81.2 Å². The molecule has 0 aliphatic carbocycles. The largest absolute Gasteiger partial charge is 0.366 e. The van der Waals surface area contributed by atoms with Gasteiger partial charge in [-0.05, 0) is 37.8 Å². The molecule has 1 aromatic rings. The van der Waals surface area contributed by atoms with E-state index in [4.69, 9.17) is 23.2 Å². The second-order valence-corrected chi connectivity index (χ2v) is 8.85. The SMILES string of the molecule is O=C1C(Cl)=C(N2CCCC2)C(=O)N1c1ccccc1N1C(=O)C(Cl)=C(N2CCCC2)C1=O. The van der Waals surface area contributed by atoms with E-state index in [1.807, 2.05) is 0 Å². The Labute approximate surface area is 194 Å². The number of benzene rings is 1. The third-order valence-corrected chi connectivity index (χ3v) is 6.90. The minimum absolute atomic E-state index is 0.115. The zero-order chi connectivity index (χ0) is 22.6. The van der Waals surface area contributed by atoms with Gasteiger partial charge in [-0.3, -0.25) is 19.2 Å². The molecule has 0 saturated carbocycles. The van der Waals surface area contributed by atoms with Gasteiger partial charge in [0.05, 0.1) is 11.4 Å². The fraction of sp³-hybridized carbons (Fsp3) is 0.364. The Hall–Kier alpha value is -2.84. The summed E-state index contributed by atoms with van der Waals surface area (Å²) in [7, 11) is 0. The van der Waals surface area contributed by atoms with Gasteiger partial charge in [-0.25, -0.2) is 9.80 Å². The summed E-state index contributed by atoms with van der Waals surface area (Å²) >= 11 is 12.6. The second-order valence-electron chi connectivity index (χ2n) is 8.09. The molecular formula is C22H20Cl2N4O4. The molecule has 0 bridgehead atoms. The maximum Gasteiger partial charge on any atom is 0.283 e. The van der Waals surface area contributed by atoms with Gasteiger partial charge in [0, 0.05) is 26.2 Å². The minimum Gasteiger partial charge on any atom is -0.366 e. The quantitative estimate of drug-likeness (QED) is 0.623. The molecule has 0 atom stereocenters. The van der Waals surface area contributed by atoms with E-state index < -0.39 is 23.6 Å². The molecule has 5 rings (SSSR count). The van der Waals surface area contributed by atoms with Crippen molar-refractivity contribution >= 4 is 58.2 Å². The second kappa shape index (κ2) is 7.94. The van der Waals surface area contributed by atoms with Crippen LogP contribution in [-0.4, -0.2) is 59.6 Å². The monoisotopic (exact) mass is 474 g/mol. The Morgan fingerprint density at radius 3 is 1.25 bits per heavy atom. The van der Waals surface area contributed by atoms with Gasteiger partial charge in [0.15, 0.2) is 0 Å². The van der Waals surface area contributed by atoms with Gasteiger partial charge in [0.2, 0.25) is 0 Å². The summed E-state index contributed by atoms with van der Waals surface area (Å²) in [4.78, 5) is 58.0. The fourth-order valence-corrected chi connectivity index (χ4v) is 5.26. The van der Waals surface area contributed by atoms with E-state index in [1.165, 1.54) is 12.1 Å². The van der Waals surface area contributed by atoms with Gasteiger partial charge in [0.1, 0.15) is 21.5 Å². The van der Waals surface area contributed by atoms with E-state index >= 15 is 0 Å². The highest BCUT2D eigenvalue weighted by Gasteiger charge is 2.46. The zero-order valence-electron chi connectivity index (χ0n) is 17.1. The summed E-state index contributed by atoms with van der Waals surface area (Å²) in [5.41, 5.74) is 0.557. The van der Waals surface area contributed by atoms with Crippen LogP contribution in [0.3, 0.4) is 0 Å². The number of para-hydroxylation sites is 2. The molecule has 4 aliphatic heterocycles. The highest BCUT2D eigenvalue weighted by molar-refractivity contribution is 6.54. The summed E-state index contributed by atoms with van der Waals surface area (Å²) in [5.74, 6) is -2.48. The van der Waals surface area contributed by atoms with Gasteiger partial charge in [-0.2, -0.15) is 0 Å². The summed E-state index contributed by atoms with van der Waals surface area (Å²) in [6.45, 7) is 2.56. The van der Waals surface area contributed by atoms with Gasteiger partial charge < -0.3 is 9.80 Å². The molecule has 0 radical (unpaired) electrons. The number of amides is 4. The van der Waals surface area contributed by atoms with Crippen LogP contribution >= 0.6 is 23.2 Å². The Morgan fingerprint density at radius 2 is 0.906 bits per heavy atom. The number of nitrogens with zero attached hydrogens (tertiary/aromatic N) is 4. The molecule has 1 aromatic carbocycles. The van der Waals surface area contributed by atoms with Crippen LogP contribution in [0.15, 0.2) is 45.7 Å². The smallest absolute Gasteiger partial charge is 0.283 e. The van der Waals surface area contributed by atoms with Crippen LogP contribution in [0, 0.1) is 0 Å². The molecule has 32 heavy (non-hydrogen) atoms. The van der Waals surface area contributed by atoms with Crippen molar-refractivity contribution < 1.29 is 19.2 Å². The average Bonchev–Trinajstić information content (AvgIpc) is 3.55. The molecule has 4 aliphatic rings. The first kappa shape index (κ1) is 21.0. The molecule has 4 heterocycles. The molecule has 0 spiro atoms. The van der Waals surface area contributed by atoms with Gasteiger partial charge in [-0.1, -0.05) is 35.3 Å². The predicted octanol–water partition coefficient (Wildman–Crippen LogP) is 2.53. The van der Waals surface area contributed by atoms with Crippen molar-refractivity contribution in [3.63, 3.8) is 0 Å². The zero-order valence-corrected chi connectivity index (χ0v) is 18.7. The first-order valence-electron chi connectivity index (χ1n) is 10.6. The van der Waals surface area contributed by atoms with Crippen LogP contribution in [0.4, 0.5) is 11.4 Å². The lowest BCUT2D eigenvalue weighted by molar-refractivity contribution is -0.123. The Morgan fingerprint density at radius 1 is 0.562 bits per heavy atom. The van der Waals surface area contributed by atoms with Crippen molar-refractivity contribution in [3.05, 3.63) is 45.7 Å². The molecule has 8 nitrogen and oxygen atoms in total. The maximum atomic E-state index is 13.3. The van der Waals surface area contributed by atoms with Crippen molar-refractivity contribution in [1.29, 1.82) is 0 Å². The lowest BCUT2D eigenvalue weighted by atomic mass is 10.2. The molecule has 0 N–H and O–H groups in total. The van der Waals surface area contributed by atoms with Crippen molar-refractivity contribution in [1.82, 2.24) is 9.80 Å². The molecule has 2 saturated heterocycles.